The third-order valence-electron chi connectivity index (χ3n) is 11.0. The van der Waals surface area contributed by atoms with Crippen molar-refractivity contribution in [2.45, 2.75) is 0 Å². The van der Waals surface area contributed by atoms with Gasteiger partial charge in [-0.05, 0) is 128 Å². The molecule has 10 aromatic rings. The summed E-state index contributed by atoms with van der Waals surface area (Å²) in [6, 6.07) is 67.7. The van der Waals surface area contributed by atoms with Gasteiger partial charge in [0.15, 0.2) is 0 Å². The van der Waals surface area contributed by atoms with Gasteiger partial charge < -0.3 is 0 Å². The summed E-state index contributed by atoms with van der Waals surface area (Å²) >= 11 is 0. The molecule has 50 heavy (non-hydrogen) atoms. The maximum atomic E-state index is 2.45. The van der Waals surface area contributed by atoms with Gasteiger partial charge in [0.05, 0.1) is 0 Å². The highest BCUT2D eigenvalue weighted by atomic mass is 14.3. The lowest BCUT2D eigenvalue weighted by atomic mass is 9.83. The molecule has 0 atom stereocenters. The molecule has 0 saturated carbocycles. The van der Waals surface area contributed by atoms with Crippen molar-refractivity contribution in [3.8, 4) is 55.6 Å². The monoisotopic (exact) mass is 630 g/mol. The lowest BCUT2D eigenvalue weighted by molar-refractivity contribution is 1.66. The molecule has 0 fully saturated rings. The van der Waals surface area contributed by atoms with Gasteiger partial charge in [-0.3, -0.25) is 0 Å². The van der Waals surface area contributed by atoms with E-state index in [9.17, 15) is 0 Å². The first-order valence-electron chi connectivity index (χ1n) is 17.4. The Bertz CT molecular complexity index is 3000. The third-order valence-corrected chi connectivity index (χ3v) is 11.0. The van der Waals surface area contributed by atoms with Crippen LogP contribution < -0.4 is 0 Å². The van der Waals surface area contributed by atoms with Crippen molar-refractivity contribution in [3.63, 3.8) is 0 Å². The van der Waals surface area contributed by atoms with Crippen LogP contribution in [0.5, 0.6) is 0 Å². The number of hydrogen-bond acceptors (Lipinski definition) is 0. The third kappa shape index (κ3) is 3.94. The lowest BCUT2D eigenvalue weighted by Crippen LogP contribution is -1.93. The minimum Gasteiger partial charge on any atom is -0.0616 e. The smallest absolute Gasteiger partial charge is 0.00199 e. The van der Waals surface area contributed by atoms with E-state index in [4.69, 9.17) is 0 Å². The van der Waals surface area contributed by atoms with Gasteiger partial charge in [0.25, 0.3) is 0 Å². The van der Waals surface area contributed by atoms with Gasteiger partial charge in [-0.15, -0.1) is 0 Å². The molecule has 1 aliphatic rings. The molecule has 0 spiro atoms. The van der Waals surface area contributed by atoms with Gasteiger partial charge in [-0.25, -0.2) is 0 Å². The van der Waals surface area contributed by atoms with Gasteiger partial charge in [-0.2, -0.15) is 0 Å². The first-order chi connectivity index (χ1) is 24.8. The highest BCUT2D eigenvalue weighted by Gasteiger charge is 2.24. The van der Waals surface area contributed by atoms with Crippen molar-refractivity contribution in [1.29, 1.82) is 0 Å². The van der Waals surface area contributed by atoms with E-state index in [0.29, 0.717) is 0 Å². The van der Waals surface area contributed by atoms with E-state index in [1.54, 1.807) is 0 Å². The Hall–Kier alpha value is -6.50. The topological polar surface area (TPSA) is 0 Å². The molecule has 0 heterocycles. The Morgan fingerprint density at radius 3 is 1.44 bits per heavy atom. The van der Waals surface area contributed by atoms with Gasteiger partial charge in [0, 0.05) is 0 Å². The van der Waals surface area contributed by atoms with Crippen LogP contribution in [0.3, 0.4) is 0 Å². The number of hydrogen-bond donors (Lipinski definition) is 0. The molecule has 0 heteroatoms. The Labute approximate surface area is 290 Å². The molecule has 0 amide bonds. The first-order valence-corrected chi connectivity index (χ1v) is 17.4. The largest absolute Gasteiger partial charge is 0.0616 e. The standard InChI is InChI=1S/C50H30/c1-3-12-33-28-35(22-20-31(33)10-1)36-24-25-46-47(30-36)50(45-27-26-44-39-15-6-5-14-38(39)40-18-9-19-43(45)49(40)44)42-17-8-7-16-41(42)48(46)37-23-21-32-11-2-4-13-34(32)29-37/h1-30H. The summed E-state index contributed by atoms with van der Waals surface area (Å²) in [5.74, 6) is 0. The second kappa shape index (κ2) is 10.5. The summed E-state index contributed by atoms with van der Waals surface area (Å²) in [5, 5.41) is 12.8. The van der Waals surface area contributed by atoms with Crippen LogP contribution in [0, 0.1) is 0 Å². The van der Waals surface area contributed by atoms with Crippen molar-refractivity contribution in [2.75, 3.05) is 0 Å². The quantitative estimate of drug-likeness (QED) is 0.170. The minimum absolute atomic E-state index is 1.22. The first kappa shape index (κ1) is 27.5. The molecule has 0 radical (unpaired) electrons. The fraction of sp³-hybridized carbons (Fsp3) is 0. The van der Waals surface area contributed by atoms with E-state index in [2.05, 4.69) is 182 Å². The number of fused-ring (bicyclic) bond motifs is 7. The van der Waals surface area contributed by atoms with Gasteiger partial charge in [0.2, 0.25) is 0 Å². The fourth-order valence-electron chi connectivity index (χ4n) is 8.70. The van der Waals surface area contributed by atoms with Crippen molar-refractivity contribution in [3.05, 3.63) is 182 Å². The van der Waals surface area contributed by atoms with Crippen molar-refractivity contribution >= 4 is 53.9 Å². The van der Waals surface area contributed by atoms with Crippen LogP contribution in [-0.2, 0) is 0 Å². The molecule has 0 aliphatic heterocycles. The number of rotatable bonds is 3. The summed E-state index contributed by atoms with van der Waals surface area (Å²) in [6.45, 7) is 0. The van der Waals surface area contributed by atoms with Crippen LogP contribution in [-0.4, -0.2) is 0 Å². The molecular weight excluding hydrogens is 601 g/mol. The highest BCUT2D eigenvalue weighted by Crippen LogP contribution is 2.52. The fourth-order valence-corrected chi connectivity index (χ4v) is 8.70. The Balaban J connectivity index is 1.27. The average Bonchev–Trinajstić information content (AvgIpc) is 3.51. The van der Waals surface area contributed by atoms with Crippen molar-refractivity contribution in [2.24, 2.45) is 0 Å². The van der Waals surface area contributed by atoms with E-state index < -0.39 is 0 Å². The zero-order valence-corrected chi connectivity index (χ0v) is 27.3. The zero-order valence-electron chi connectivity index (χ0n) is 27.3. The lowest BCUT2D eigenvalue weighted by Gasteiger charge is -2.20. The summed E-state index contributed by atoms with van der Waals surface area (Å²) in [7, 11) is 0. The van der Waals surface area contributed by atoms with Crippen LogP contribution in [0.25, 0.3) is 109 Å². The van der Waals surface area contributed by atoms with Crippen LogP contribution >= 0.6 is 0 Å². The Morgan fingerprint density at radius 1 is 0.220 bits per heavy atom. The van der Waals surface area contributed by atoms with E-state index in [0.717, 1.165) is 0 Å². The van der Waals surface area contributed by atoms with Crippen LogP contribution in [0.1, 0.15) is 0 Å². The normalized spacial score (nSPS) is 12.0. The van der Waals surface area contributed by atoms with E-state index in [-0.39, 0.29) is 0 Å². The van der Waals surface area contributed by atoms with Crippen molar-refractivity contribution < 1.29 is 0 Å². The van der Waals surface area contributed by atoms with Gasteiger partial charge in [0.1, 0.15) is 0 Å². The van der Waals surface area contributed by atoms with Crippen molar-refractivity contribution in [1.82, 2.24) is 0 Å². The average molecular weight is 631 g/mol. The predicted octanol–water partition coefficient (Wildman–Crippen LogP) is 14.1. The highest BCUT2D eigenvalue weighted by molar-refractivity contribution is 6.27. The molecular formula is C50H30. The molecule has 10 aromatic carbocycles. The summed E-state index contributed by atoms with van der Waals surface area (Å²) in [4.78, 5) is 0. The van der Waals surface area contributed by atoms with Gasteiger partial charge >= 0.3 is 0 Å². The molecule has 0 saturated heterocycles. The molecule has 0 N–H and O–H groups in total. The maximum absolute atomic E-state index is 2.45. The van der Waals surface area contributed by atoms with E-state index in [1.165, 1.54) is 109 Å². The molecule has 11 rings (SSSR count). The zero-order chi connectivity index (χ0) is 32.8. The molecule has 0 unspecified atom stereocenters. The Kier molecular flexibility index (Phi) is 5.76. The second-order valence-electron chi connectivity index (χ2n) is 13.6. The summed E-state index contributed by atoms with van der Waals surface area (Å²) < 4.78 is 0. The molecule has 230 valence electrons. The van der Waals surface area contributed by atoms with E-state index >= 15 is 0 Å². The van der Waals surface area contributed by atoms with Gasteiger partial charge in [-0.1, -0.05) is 164 Å². The molecule has 0 bridgehead atoms. The molecule has 1 aliphatic carbocycles. The SMILES string of the molecule is c1ccc2c(c1)-c1cccc3c(-c4c5ccccc5c(-c5ccc6ccccc6c5)c5ccc(-c6ccc7ccccc7c6)cc45)ccc-2c13. The van der Waals surface area contributed by atoms with Crippen LogP contribution in [0.15, 0.2) is 182 Å². The molecule has 0 aromatic heterocycles. The summed E-state index contributed by atoms with van der Waals surface area (Å²) in [5.41, 5.74) is 12.9. The summed E-state index contributed by atoms with van der Waals surface area (Å²) in [6.07, 6.45) is 0. The van der Waals surface area contributed by atoms with E-state index in [1.807, 2.05) is 0 Å². The minimum atomic E-state index is 1.22. The number of benzene rings is 10. The van der Waals surface area contributed by atoms with Crippen LogP contribution in [0.4, 0.5) is 0 Å². The van der Waals surface area contributed by atoms with Crippen LogP contribution in [0.2, 0.25) is 0 Å². The Morgan fingerprint density at radius 2 is 0.700 bits per heavy atom. The maximum Gasteiger partial charge on any atom is -0.00199 e. The second-order valence-corrected chi connectivity index (χ2v) is 13.6. The molecule has 0 nitrogen and oxygen atoms in total. The predicted molar refractivity (Wildman–Crippen MR) is 215 cm³/mol.